The Labute approximate surface area is 135 Å². The summed E-state index contributed by atoms with van der Waals surface area (Å²) < 4.78 is 13.2. The first-order valence-corrected chi connectivity index (χ1v) is 8.68. The summed E-state index contributed by atoms with van der Waals surface area (Å²) in [6.07, 6.45) is 2.89. The first kappa shape index (κ1) is 18.5. The third-order valence-electron chi connectivity index (χ3n) is 3.27. The second-order valence-electron chi connectivity index (χ2n) is 5.06. The zero-order valence-electron chi connectivity index (χ0n) is 13.2. The fourth-order valence-corrected chi connectivity index (χ4v) is 2.40. The Morgan fingerprint density at radius 1 is 1.36 bits per heavy atom. The van der Waals surface area contributed by atoms with Gasteiger partial charge in [0.2, 0.25) is 11.8 Å². The predicted molar refractivity (Wildman–Crippen MR) is 88.2 cm³/mol. The molecule has 0 heterocycles. The third-order valence-corrected chi connectivity index (χ3v) is 3.92. The minimum atomic E-state index is -0.526. The Morgan fingerprint density at radius 3 is 2.68 bits per heavy atom. The number of hydrogen-bond donors (Lipinski definition) is 2. The van der Waals surface area contributed by atoms with Gasteiger partial charge < -0.3 is 10.6 Å². The maximum absolute atomic E-state index is 13.2. The van der Waals surface area contributed by atoms with Crippen LogP contribution >= 0.6 is 11.8 Å². The van der Waals surface area contributed by atoms with Crippen molar-refractivity contribution in [1.82, 2.24) is 10.6 Å². The minimum absolute atomic E-state index is 0.140. The molecule has 0 aliphatic heterocycles. The second kappa shape index (κ2) is 9.46. The van der Waals surface area contributed by atoms with E-state index in [0.29, 0.717) is 24.9 Å². The monoisotopic (exact) mass is 326 g/mol. The lowest BCUT2D eigenvalue weighted by atomic mass is 10.1. The number of nitrogens with one attached hydrogen (secondary N) is 2. The molecule has 22 heavy (non-hydrogen) atoms. The summed E-state index contributed by atoms with van der Waals surface area (Å²) in [5.41, 5.74) is 1.38. The highest BCUT2D eigenvalue weighted by molar-refractivity contribution is 7.98. The molecule has 0 aliphatic carbocycles. The first-order valence-electron chi connectivity index (χ1n) is 7.29. The zero-order chi connectivity index (χ0) is 16.5. The van der Waals surface area contributed by atoms with E-state index in [1.807, 2.05) is 6.26 Å². The Hall–Kier alpha value is -1.56. The molecule has 1 rings (SSSR count). The van der Waals surface area contributed by atoms with Crippen LogP contribution in [0.5, 0.6) is 0 Å². The van der Waals surface area contributed by atoms with E-state index in [9.17, 15) is 14.0 Å². The highest BCUT2D eigenvalue weighted by Crippen LogP contribution is 2.09. The van der Waals surface area contributed by atoms with Gasteiger partial charge in [-0.1, -0.05) is 19.1 Å². The van der Waals surface area contributed by atoms with Gasteiger partial charge in [-0.2, -0.15) is 11.8 Å². The normalized spacial score (nSPS) is 11.8. The van der Waals surface area contributed by atoms with E-state index in [0.717, 1.165) is 11.3 Å². The van der Waals surface area contributed by atoms with Gasteiger partial charge in [-0.3, -0.25) is 9.59 Å². The molecular formula is C16H23FN2O2S. The number of halogens is 1. The number of benzene rings is 1. The van der Waals surface area contributed by atoms with Crippen LogP contribution in [-0.4, -0.2) is 29.9 Å². The second-order valence-corrected chi connectivity index (χ2v) is 6.04. The molecule has 0 saturated heterocycles. The molecule has 6 heteroatoms. The van der Waals surface area contributed by atoms with Gasteiger partial charge in [-0.25, -0.2) is 4.39 Å². The van der Waals surface area contributed by atoms with Crippen LogP contribution in [0.2, 0.25) is 0 Å². The molecule has 2 amide bonds. The van der Waals surface area contributed by atoms with Crippen molar-refractivity contribution >= 4 is 23.6 Å². The Morgan fingerprint density at radius 2 is 2.09 bits per heavy atom. The average molecular weight is 326 g/mol. The molecule has 0 fully saturated rings. The van der Waals surface area contributed by atoms with E-state index in [1.54, 1.807) is 37.7 Å². The smallest absolute Gasteiger partial charge is 0.242 e. The lowest BCUT2D eigenvalue weighted by Crippen LogP contribution is -2.46. The summed E-state index contributed by atoms with van der Waals surface area (Å²) in [6, 6.07) is 4.21. The maximum Gasteiger partial charge on any atom is 0.242 e. The van der Waals surface area contributed by atoms with Crippen LogP contribution in [0.25, 0.3) is 0 Å². The fourth-order valence-electron chi connectivity index (χ4n) is 1.93. The maximum atomic E-state index is 13.2. The van der Waals surface area contributed by atoms with E-state index < -0.39 is 6.04 Å². The van der Waals surface area contributed by atoms with E-state index in [-0.39, 0.29) is 17.6 Å². The van der Waals surface area contributed by atoms with Crippen LogP contribution in [-0.2, 0) is 16.1 Å². The van der Waals surface area contributed by atoms with Crippen LogP contribution in [0.3, 0.4) is 0 Å². The van der Waals surface area contributed by atoms with E-state index in [1.165, 1.54) is 6.07 Å². The summed E-state index contributed by atoms with van der Waals surface area (Å²) in [5, 5.41) is 5.53. The number of thioether (sulfide) groups is 1. The highest BCUT2D eigenvalue weighted by Gasteiger charge is 2.19. The van der Waals surface area contributed by atoms with Crippen molar-refractivity contribution in [2.24, 2.45) is 0 Å². The summed E-state index contributed by atoms with van der Waals surface area (Å²) in [6.45, 7) is 3.75. The van der Waals surface area contributed by atoms with Crippen molar-refractivity contribution in [3.05, 3.63) is 35.1 Å². The van der Waals surface area contributed by atoms with Gasteiger partial charge in [0.25, 0.3) is 0 Å². The van der Waals surface area contributed by atoms with Gasteiger partial charge in [0.05, 0.1) is 0 Å². The Balaban J connectivity index is 2.61. The predicted octanol–water partition coefficient (Wildman–Crippen LogP) is 2.40. The van der Waals surface area contributed by atoms with Crippen molar-refractivity contribution in [3.63, 3.8) is 0 Å². The molecule has 0 bridgehead atoms. The van der Waals surface area contributed by atoms with Crippen molar-refractivity contribution in [1.29, 1.82) is 0 Å². The van der Waals surface area contributed by atoms with Gasteiger partial charge in [-0.05, 0) is 42.5 Å². The Kier molecular flexibility index (Phi) is 7.95. The molecule has 1 atom stereocenters. The van der Waals surface area contributed by atoms with Crippen LogP contribution in [0.15, 0.2) is 18.2 Å². The quantitative estimate of drug-likeness (QED) is 0.771. The number of amides is 2. The van der Waals surface area contributed by atoms with Crippen LogP contribution in [0.4, 0.5) is 4.39 Å². The van der Waals surface area contributed by atoms with Crippen molar-refractivity contribution < 1.29 is 14.0 Å². The summed E-state index contributed by atoms with van der Waals surface area (Å²) in [5.74, 6) is 0.178. The number of rotatable bonds is 8. The molecule has 1 aromatic rings. The van der Waals surface area contributed by atoms with Gasteiger partial charge in [-0.15, -0.1) is 0 Å². The lowest BCUT2D eigenvalue weighted by Gasteiger charge is -2.18. The lowest BCUT2D eigenvalue weighted by molar-refractivity contribution is -0.129. The standard InChI is InChI=1S/C16H23FN2O2S/c1-4-15(20)19-14(7-8-22-3)16(21)18-10-12-5-6-13(17)11(2)9-12/h5-6,9,14H,4,7-8,10H2,1-3H3,(H,18,21)(H,19,20)/t14-/m0/s1. The fraction of sp³-hybridized carbons (Fsp3) is 0.500. The highest BCUT2D eigenvalue weighted by atomic mass is 32.2. The molecular weight excluding hydrogens is 303 g/mol. The topological polar surface area (TPSA) is 58.2 Å². The van der Waals surface area contributed by atoms with E-state index >= 15 is 0 Å². The molecule has 0 spiro atoms. The van der Waals surface area contributed by atoms with Crippen molar-refractivity contribution in [3.8, 4) is 0 Å². The van der Waals surface area contributed by atoms with E-state index in [2.05, 4.69) is 10.6 Å². The van der Waals surface area contributed by atoms with Gasteiger partial charge in [0.15, 0.2) is 0 Å². The minimum Gasteiger partial charge on any atom is -0.350 e. The summed E-state index contributed by atoms with van der Waals surface area (Å²) >= 11 is 1.63. The molecule has 0 radical (unpaired) electrons. The summed E-state index contributed by atoms with van der Waals surface area (Å²) in [7, 11) is 0. The molecule has 122 valence electrons. The van der Waals surface area contributed by atoms with Crippen molar-refractivity contribution in [2.45, 2.75) is 39.3 Å². The molecule has 4 nitrogen and oxygen atoms in total. The number of carbonyl (C=O) groups excluding carboxylic acids is 2. The molecule has 2 N–H and O–H groups in total. The number of carbonyl (C=O) groups is 2. The van der Waals surface area contributed by atoms with E-state index in [4.69, 9.17) is 0 Å². The van der Waals surface area contributed by atoms with Gasteiger partial charge in [0, 0.05) is 13.0 Å². The molecule has 1 aromatic carbocycles. The third kappa shape index (κ3) is 6.05. The van der Waals surface area contributed by atoms with Gasteiger partial charge >= 0.3 is 0 Å². The van der Waals surface area contributed by atoms with Gasteiger partial charge in [0.1, 0.15) is 11.9 Å². The summed E-state index contributed by atoms with van der Waals surface area (Å²) in [4.78, 5) is 23.7. The van der Waals surface area contributed by atoms with Crippen molar-refractivity contribution in [2.75, 3.05) is 12.0 Å². The molecule has 0 saturated carbocycles. The molecule has 0 aliphatic rings. The number of hydrogen-bond acceptors (Lipinski definition) is 3. The zero-order valence-corrected chi connectivity index (χ0v) is 14.1. The molecule has 0 unspecified atom stereocenters. The SMILES string of the molecule is CCC(=O)N[C@@H](CCSC)C(=O)NCc1ccc(F)c(C)c1. The Bertz CT molecular complexity index is 523. The average Bonchev–Trinajstić information content (AvgIpc) is 2.51. The van der Waals surface area contributed by atoms with Crippen LogP contribution in [0, 0.1) is 12.7 Å². The number of aryl methyl sites for hydroxylation is 1. The first-order chi connectivity index (χ1) is 10.5. The largest absolute Gasteiger partial charge is 0.350 e. The molecule has 0 aromatic heterocycles. The van der Waals surface area contributed by atoms with Crippen LogP contribution in [0.1, 0.15) is 30.9 Å². The van der Waals surface area contributed by atoms with Crippen LogP contribution < -0.4 is 10.6 Å².